The summed E-state index contributed by atoms with van der Waals surface area (Å²) in [6.45, 7) is 0. The van der Waals surface area contributed by atoms with E-state index in [1.54, 1.807) is 0 Å². The van der Waals surface area contributed by atoms with Crippen LogP contribution < -0.4 is 4.90 Å². The molecule has 4 fully saturated rings. The van der Waals surface area contributed by atoms with Crippen molar-refractivity contribution in [1.29, 1.82) is 0 Å². The molecule has 0 aliphatic heterocycles. The predicted molar refractivity (Wildman–Crippen MR) is 301 cm³/mol. The van der Waals surface area contributed by atoms with Crippen LogP contribution >= 0.6 is 0 Å². The van der Waals surface area contributed by atoms with E-state index in [4.69, 9.17) is 0 Å². The highest BCUT2D eigenvalue weighted by Crippen LogP contribution is 2.62. The van der Waals surface area contributed by atoms with Gasteiger partial charge in [-0.2, -0.15) is 0 Å². The molecule has 0 spiro atoms. The monoisotopic (exact) mass is 943 g/mol. The van der Waals surface area contributed by atoms with Crippen LogP contribution in [0.3, 0.4) is 0 Å². The van der Waals surface area contributed by atoms with Gasteiger partial charge in [-0.1, -0.05) is 218 Å². The number of anilines is 3. The topological polar surface area (TPSA) is 3.24 Å². The first-order valence-electron chi connectivity index (χ1n) is 30.2. The Bertz CT molecular complexity index is 3840. The van der Waals surface area contributed by atoms with Gasteiger partial charge in [0.05, 0.1) is 21.8 Å². The number of fused-ring (bicyclic) bond motifs is 6. The van der Waals surface area contributed by atoms with Crippen molar-refractivity contribution in [2.24, 2.45) is 17.8 Å². The van der Waals surface area contributed by atoms with Gasteiger partial charge in [0.1, 0.15) is 0 Å². The maximum Gasteiger partial charge on any atom is 0.0714 e. The van der Waals surface area contributed by atoms with Crippen molar-refractivity contribution in [2.75, 3.05) is 4.90 Å². The van der Waals surface area contributed by atoms with Crippen molar-refractivity contribution < 1.29 is 11.0 Å². The minimum Gasteiger partial charge on any atom is -0.310 e. The molecule has 6 aliphatic rings. The molecule has 1 heteroatoms. The van der Waals surface area contributed by atoms with Crippen LogP contribution in [-0.2, 0) is 16.2 Å². The molecule has 350 valence electrons. The van der Waals surface area contributed by atoms with E-state index in [1.807, 2.05) is 41.3 Å². The minimum atomic E-state index is -0.802. The first kappa shape index (κ1) is 35.2. The smallest absolute Gasteiger partial charge is 0.0714 e. The SMILES string of the molecule is [2H]c1c([2H])c(N(c2ccc3c(c2)C(c2ccccc2)(c2ccccc2)c2ccccc2-3)c2ccc3c(c2)C(c2ccccc2)(c2ccccc2)c2ccccc2-3)c([2H])c([2H])c1-c1c([2H])c([2H])c(C23CC4CC(CC(C4)C2)C3)c([2H])c1[2H]. The minimum absolute atomic E-state index is 0.00448. The standard InChI is InChI=1S/C72H57N/c1-5-17-55(18-6-1)71(56-19-7-2-8-20-56)66-27-15-13-25-62(66)64-39-37-60(44-68(64)71)73(59-35-31-53(32-36-59)52-29-33-54(34-30-52)70-46-49-41-50(47-70)43-51(42-49)48-70)61-38-40-65-63-26-14-16-28-67(63)72(69(65)45-61,57-21-9-3-10-22-57)58-23-11-4-12-24-58/h1-40,44-45,49-51H,41-43,46-48H2/i29D,30D,31D,32D,33D,34D,35D,36D. The molecule has 0 heterocycles. The number of benzene rings is 10. The Balaban J connectivity index is 0.996. The van der Waals surface area contributed by atoms with E-state index in [2.05, 4.69) is 170 Å². The van der Waals surface area contributed by atoms with Gasteiger partial charge in [-0.25, -0.2) is 0 Å². The molecule has 0 radical (unpaired) electrons. The second kappa shape index (κ2) is 16.5. The average Bonchev–Trinajstić information content (AvgIpc) is 3.00. The summed E-state index contributed by atoms with van der Waals surface area (Å²) in [7, 11) is 0. The van der Waals surface area contributed by atoms with Crippen LogP contribution in [0.2, 0.25) is 0 Å². The Kier molecular flexibility index (Phi) is 7.96. The van der Waals surface area contributed by atoms with Gasteiger partial charge in [-0.05, 0) is 181 Å². The lowest BCUT2D eigenvalue weighted by molar-refractivity contribution is -0.00518. The van der Waals surface area contributed by atoms with E-state index >= 15 is 0 Å². The van der Waals surface area contributed by atoms with E-state index in [0.717, 1.165) is 105 Å². The third-order valence-electron chi connectivity index (χ3n) is 17.7. The average molecular weight is 944 g/mol. The Hall–Kier alpha value is -8.00. The third kappa shape index (κ3) is 6.34. The zero-order valence-corrected chi connectivity index (χ0v) is 40.6. The lowest BCUT2D eigenvalue weighted by atomic mass is 9.48. The largest absolute Gasteiger partial charge is 0.310 e. The summed E-state index contributed by atoms with van der Waals surface area (Å²) < 4.78 is 79.3. The van der Waals surface area contributed by atoms with Gasteiger partial charge in [-0.3, -0.25) is 0 Å². The molecule has 73 heavy (non-hydrogen) atoms. The van der Waals surface area contributed by atoms with Crippen molar-refractivity contribution in [1.82, 2.24) is 0 Å². The van der Waals surface area contributed by atoms with Crippen molar-refractivity contribution in [2.45, 2.75) is 54.8 Å². The first-order valence-corrected chi connectivity index (χ1v) is 26.2. The molecule has 0 amide bonds. The number of hydrogen-bond acceptors (Lipinski definition) is 1. The van der Waals surface area contributed by atoms with E-state index in [9.17, 15) is 11.0 Å². The molecule has 0 aromatic heterocycles. The fourth-order valence-corrected chi connectivity index (χ4v) is 15.2. The summed E-state index contributed by atoms with van der Waals surface area (Å²) in [5.41, 5.74) is 11.9. The van der Waals surface area contributed by atoms with Crippen LogP contribution in [0.25, 0.3) is 33.4 Å². The molecular formula is C72H57N. The Morgan fingerprint density at radius 1 is 0.315 bits per heavy atom. The van der Waals surface area contributed by atoms with Crippen molar-refractivity contribution in [3.8, 4) is 33.4 Å². The van der Waals surface area contributed by atoms with Gasteiger partial charge in [0.2, 0.25) is 0 Å². The van der Waals surface area contributed by atoms with E-state index < -0.39 is 28.3 Å². The van der Waals surface area contributed by atoms with Crippen LogP contribution in [-0.4, -0.2) is 0 Å². The summed E-state index contributed by atoms with van der Waals surface area (Å²) >= 11 is 0. The maximum absolute atomic E-state index is 10.3. The van der Waals surface area contributed by atoms with E-state index in [1.165, 1.54) is 0 Å². The summed E-state index contributed by atoms with van der Waals surface area (Å²) in [6, 6.07) is 69.4. The zero-order chi connectivity index (χ0) is 55.1. The fraction of sp³-hybridized carbons (Fsp3) is 0.167. The van der Waals surface area contributed by atoms with Gasteiger partial charge in [0.25, 0.3) is 0 Å². The second-order valence-electron chi connectivity index (χ2n) is 21.5. The molecule has 16 rings (SSSR count). The van der Waals surface area contributed by atoms with Crippen molar-refractivity contribution >= 4 is 17.1 Å². The van der Waals surface area contributed by atoms with E-state index in [0.29, 0.717) is 34.7 Å². The lowest BCUT2D eigenvalue weighted by Gasteiger charge is -2.57. The highest BCUT2D eigenvalue weighted by Gasteiger charge is 2.52. The van der Waals surface area contributed by atoms with Crippen molar-refractivity contribution in [3.63, 3.8) is 0 Å². The van der Waals surface area contributed by atoms with Gasteiger partial charge in [0, 0.05) is 17.1 Å². The van der Waals surface area contributed by atoms with Crippen LogP contribution in [0.4, 0.5) is 17.1 Å². The first-order chi connectivity index (χ1) is 39.5. The highest BCUT2D eigenvalue weighted by atomic mass is 15.1. The molecule has 4 saturated carbocycles. The summed E-state index contributed by atoms with van der Waals surface area (Å²) in [5, 5.41) is 0. The Labute approximate surface area is 441 Å². The molecule has 0 unspecified atom stereocenters. The Morgan fingerprint density at radius 3 is 1.05 bits per heavy atom. The number of hydrogen-bond donors (Lipinski definition) is 0. The van der Waals surface area contributed by atoms with Crippen LogP contribution in [0, 0.1) is 17.8 Å². The van der Waals surface area contributed by atoms with E-state index in [-0.39, 0.29) is 53.1 Å². The molecular weight excluding hydrogens is 879 g/mol. The summed E-state index contributed by atoms with van der Waals surface area (Å²) in [5.74, 6) is 1.52. The van der Waals surface area contributed by atoms with Gasteiger partial charge >= 0.3 is 0 Å². The van der Waals surface area contributed by atoms with Gasteiger partial charge in [0.15, 0.2) is 0 Å². The quantitative estimate of drug-likeness (QED) is 0.139. The predicted octanol–water partition coefficient (Wildman–Crippen LogP) is 18.0. The molecule has 1 nitrogen and oxygen atoms in total. The van der Waals surface area contributed by atoms with Gasteiger partial charge in [-0.15, -0.1) is 0 Å². The molecule has 10 aromatic rings. The second-order valence-corrected chi connectivity index (χ2v) is 21.5. The van der Waals surface area contributed by atoms with Crippen molar-refractivity contribution in [3.05, 3.63) is 305 Å². The lowest BCUT2D eigenvalue weighted by Crippen LogP contribution is -2.48. The molecule has 10 aromatic carbocycles. The third-order valence-corrected chi connectivity index (χ3v) is 17.7. The summed E-state index contributed by atoms with van der Waals surface area (Å²) in [6.07, 6.45) is 6.02. The Morgan fingerprint density at radius 2 is 0.658 bits per heavy atom. The van der Waals surface area contributed by atoms with Gasteiger partial charge < -0.3 is 4.90 Å². The number of rotatable bonds is 9. The summed E-state index contributed by atoms with van der Waals surface area (Å²) in [4.78, 5) is 1.88. The van der Waals surface area contributed by atoms with Crippen LogP contribution in [0.1, 0.15) is 99.6 Å². The normalized spacial score (nSPS) is 22.5. The molecule has 6 aliphatic carbocycles. The van der Waals surface area contributed by atoms with Crippen LogP contribution in [0.5, 0.6) is 0 Å². The zero-order valence-electron chi connectivity index (χ0n) is 48.6. The highest BCUT2D eigenvalue weighted by molar-refractivity contribution is 5.92. The molecule has 0 N–H and O–H groups in total. The fourth-order valence-electron chi connectivity index (χ4n) is 15.2. The number of nitrogens with zero attached hydrogens (tertiary/aromatic N) is 1. The maximum atomic E-state index is 10.3. The molecule has 4 bridgehead atoms. The molecule has 0 saturated heterocycles. The van der Waals surface area contributed by atoms with Crippen LogP contribution in [0.15, 0.2) is 255 Å². The molecule has 0 atom stereocenters.